The Balaban J connectivity index is 2.87. The Bertz CT molecular complexity index is 447. The zero-order chi connectivity index (χ0) is 9.42. The molecule has 0 aliphatic carbocycles. The predicted octanol–water partition coefficient (Wildman–Crippen LogP) is 2.28. The molecule has 2 nitrogen and oxygen atoms in total. The summed E-state index contributed by atoms with van der Waals surface area (Å²) in [5, 5.41) is 10.1. The third-order valence-electron chi connectivity index (χ3n) is 2.19. The number of thiophene rings is 1. The van der Waals surface area contributed by atoms with Crippen molar-refractivity contribution in [3.8, 4) is 0 Å². The van der Waals surface area contributed by atoms with Gasteiger partial charge in [-0.2, -0.15) is 0 Å². The van der Waals surface area contributed by atoms with Crippen molar-refractivity contribution < 1.29 is 5.11 Å². The van der Waals surface area contributed by atoms with Crippen molar-refractivity contribution in [3.63, 3.8) is 0 Å². The molecular weight excluding hydrogens is 182 g/mol. The fraction of sp³-hybridized carbons (Fsp3) is 0.200. The Morgan fingerprint density at radius 1 is 1.46 bits per heavy atom. The summed E-state index contributed by atoms with van der Waals surface area (Å²) in [6.45, 7) is 2.05. The minimum atomic E-state index is 0.0533. The van der Waals surface area contributed by atoms with E-state index < -0.39 is 0 Å². The van der Waals surface area contributed by atoms with Gasteiger partial charge in [0.05, 0.1) is 12.3 Å². The normalized spacial score (nSPS) is 10.9. The standard InChI is InChI=1S/C10H11NOS/c1-6-10(11)9-7(5-12)3-2-4-8(9)13-6/h2-4,12H,5,11H2,1H3. The van der Waals surface area contributed by atoms with Crippen LogP contribution in [0.25, 0.3) is 10.1 Å². The molecule has 3 heteroatoms. The SMILES string of the molecule is Cc1sc2cccc(CO)c2c1N. The second-order valence-electron chi connectivity index (χ2n) is 3.02. The second-order valence-corrected chi connectivity index (χ2v) is 4.28. The van der Waals surface area contributed by atoms with E-state index in [0.717, 1.165) is 26.2 Å². The van der Waals surface area contributed by atoms with Crippen LogP contribution in [0.5, 0.6) is 0 Å². The molecule has 0 saturated carbocycles. The zero-order valence-electron chi connectivity index (χ0n) is 7.37. The van der Waals surface area contributed by atoms with Crippen LogP contribution in [0.2, 0.25) is 0 Å². The van der Waals surface area contributed by atoms with Crippen molar-refractivity contribution in [1.29, 1.82) is 0 Å². The average molecular weight is 193 g/mol. The van der Waals surface area contributed by atoms with Gasteiger partial charge in [-0.1, -0.05) is 12.1 Å². The fourth-order valence-electron chi connectivity index (χ4n) is 1.50. The van der Waals surface area contributed by atoms with Crippen molar-refractivity contribution in [1.82, 2.24) is 0 Å². The largest absolute Gasteiger partial charge is 0.397 e. The van der Waals surface area contributed by atoms with Crippen LogP contribution in [0.1, 0.15) is 10.4 Å². The molecule has 3 N–H and O–H groups in total. The lowest BCUT2D eigenvalue weighted by atomic mass is 10.1. The number of aliphatic hydroxyl groups is 1. The van der Waals surface area contributed by atoms with Gasteiger partial charge in [-0.05, 0) is 18.6 Å². The van der Waals surface area contributed by atoms with Gasteiger partial charge in [0.1, 0.15) is 0 Å². The monoisotopic (exact) mass is 193 g/mol. The Kier molecular flexibility index (Phi) is 1.98. The van der Waals surface area contributed by atoms with E-state index in [1.807, 2.05) is 25.1 Å². The molecule has 0 radical (unpaired) electrons. The fourth-order valence-corrected chi connectivity index (χ4v) is 2.53. The van der Waals surface area contributed by atoms with Crippen LogP contribution in [0.15, 0.2) is 18.2 Å². The van der Waals surface area contributed by atoms with Crippen molar-refractivity contribution in [3.05, 3.63) is 28.6 Å². The molecule has 0 spiro atoms. The molecule has 1 heterocycles. The summed E-state index contributed by atoms with van der Waals surface area (Å²) in [6.07, 6.45) is 0. The van der Waals surface area contributed by atoms with E-state index in [2.05, 4.69) is 0 Å². The topological polar surface area (TPSA) is 46.2 Å². The van der Waals surface area contributed by atoms with E-state index in [1.54, 1.807) is 11.3 Å². The van der Waals surface area contributed by atoms with Gasteiger partial charge in [-0.15, -0.1) is 11.3 Å². The van der Waals surface area contributed by atoms with E-state index in [9.17, 15) is 0 Å². The lowest BCUT2D eigenvalue weighted by Gasteiger charge is -1.99. The molecule has 0 unspecified atom stereocenters. The lowest BCUT2D eigenvalue weighted by molar-refractivity contribution is 0.283. The number of benzene rings is 1. The quantitative estimate of drug-likeness (QED) is 0.730. The maximum atomic E-state index is 9.12. The minimum Gasteiger partial charge on any atom is -0.397 e. The van der Waals surface area contributed by atoms with Crippen LogP contribution in [0, 0.1) is 6.92 Å². The van der Waals surface area contributed by atoms with Gasteiger partial charge in [0, 0.05) is 15.0 Å². The Hall–Kier alpha value is -1.06. The highest BCUT2D eigenvalue weighted by Crippen LogP contribution is 2.35. The predicted molar refractivity (Wildman–Crippen MR) is 56.9 cm³/mol. The number of hydrogen-bond donors (Lipinski definition) is 2. The van der Waals surface area contributed by atoms with Gasteiger partial charge in [0.25, 0.3) is 0 Å². The highest BCUT2D eigenvalue weighted by atomic mass is 32.1. The molecule has 0 atom stereocenters. The number of rotatable bonds is 1. The summed E-state index contributed by atoms with van der Waals surface area (Å²) in [5.41, 5.74) is 7.64. The Morgan fingerprint density at radius 2 is 2.23 bits per heavy atom. The van der Waals surface area contributed by atoms with Crippen LogP contribution in [-0.4, -0.2) is 5.11 Å². The van der Waals surface area contributed by atoms with E-state index >= 15 is 0 Å². The molecule has 2 aromatic rings. The number of fused-ring (bicyclic) bond motifs is 1. The molecule has 0 bridgehead atoms. The van der Waals surface area contributed by atoms with Crippen LogP contribution in [0.3, 0.4) is 0 Å². The molecule has 0 aliphatic rings. The maximum Gasteiger partial charge on any atom is 0.0688 e. The Morgan fingerprint density at radius 3 is 2.92 bits per heavy atom. The van der Waals surface area contributed by atoms with Crippen molar-refractivity contribution in [2.24, 2.45) is 0 Å². The van der Waals surface area contributed by atoms with Crippen molar-refractivity contribution in [2.75, 3.05) is 5.73 Å². The smallest absolute Gasteiger partial charge is 0.0688 e. The Labute approximate surface area is 80.6 Å². The van der Waals surface area contributed by atoms with Crippen LogP contribution in [0.4, 0.5) is 5.69 Å². The maximum absolute atomic E-state index is 9.12. The summed E-state index contributed by atoms with van der Waals surface area (Å²) in [5.74, 6) is 0. The van der Waals surface area contributed by atoms with Crippen molar-refractivity contribution >= 4 is 27.1 Å². The summed E-state index contributed by atoms with van der Waals surface area (Å²) in [7, 11) is 0. The third-order valence-corrected chi connectivity index (χ3v) is 3.28. The molecule has 1 aromatic carbocycles. The number of hydrogen-bond acceptors (Lipinski definition) is 3. The molecule has 0 aliphatic heterocycles. The average Bonchev–Trinajstić information content (AvgIpc) is 2.43. The zero-order valence-corrected chi connectivity index (χ0v) is 8.19. The van der Waals surface area contributed by atoms with Crippen molar-refractivity contribution in [2.45, 2.75) is 13.5 Å². The van der Waals surface area contributed by atoms with Gasteiger partial charge < -0.3 is 10.8 Å². The number of aliphatic hydroxyl groups excluding tert-OH is 1. The van der Waals surface area contributed by atoms with E-state index in [4.69, 9.17) is 10.8 Å². The van der Waals surface area contributed by atoms with Crippen LogP contribution in [-0.2, 0) is 6.61 Å². The molecule has 1 aromatic heterocycles. The van der Waals surface area contributed by atoms with E-state index in [1.165, 1.54) is 0 Å². The van der Waals surface area contributed by atoms with Gasteiger partial charge in [0.15, 0.2) is 0 Å². The number of nitrogen functional groups attached to an aromatic ring is 1. The number of anilines is 1. The molecule has 2 rings (SSSR count). The molecule has 0 amide bonds. The van der Waals surface area contributed by atoms with Gasteiger partial charge >= 0.3 is 0 Å². The molecular formula is C10H11NOS. The highest BCUT2D eigenvalue weighted by Gasteiger charge is 2.08. The molecule has 0 fully saturated rings. The van der Waals surface area contributed by atoms with Crippen LogP contribution >= 0.6 is 11.3 Å². The summed E-state index contributed by atoms with van der Waals surface area (Å²) in [4.78, 5) is 1.12. The van der Waals surface area contributed by atoms with Crippen LogP contribution < -0.4 is 5.73 Å². The second kappa shape index (κ2) is 3.01. The molecule has 0 saturated heterocycles. The molecule has 68 valence electrons. The van der Waals surface area contributed by atoms with E-state index in [0.29, 0.717) is 0 Å². The van der Waals surface area contributed by atoms with Gasteiger partial charge in [-0.25, -0.2) is 0 Å². The van der Waals surface area contributed by atoms with Gasteiger partial charge in [0.2, 0.25) is 0 Å². The third kappa shape index (κ3) is 1.20. The minimum absolute atomic E-state index is 0.0533. The first-order chi connectivity index (χ1) is 6.24. The lowest BCUT2D eigenvalue weighted by Crippen LogP contribution is -1.89. The first-order valence-electron chi connectivity index (χ1n) is 4.11. The first kappa shape index (κ1) is 8.53. The number of aryl methyl sites for hydroxylation is 1. The van der Waals surface area contributed by atoms with E-state index in [-0.39, 0.29) is 6.61 Å². The summed E-state index contributed by atoms with van der Waals surface area (Å²) in [6, 6.07) is 5.89. The molecule has 13 heavy (non-hydrogen) atoms. The summed E-state index contributed by atoms with van der Waals surface area (Å²) >= 11 is 1.67. The summed E-state index contributed by atoms with van der Waals surface area (Å²) < 4.78 is 1.15. The van der Waals surface area contributed by atoms with Gasteiger partial charge in [-0.3, -0.25) is 0 Å². The first-order valence-corrected chi connectivity index (χ1v) is 4.93. The number of nitrogens with two attached hydrogens (primary N) is 1. The highest BCUT2D eigenvalue weighted by molar-refractivity contribution is 7.19.